The first kappa shape index (κ1) is 30.2. The summed E-state index contributed by atoms with van der Waals surface area (Å²) in [6.07, 6.45) is 4.18. The van der Waals surface area contributed by atoms with Crippen molar-refractivity contribution in [3.63, 3.8) is 0 Å². The molecule has 0 spiro atoms. The molecule has 0 aliphatic heterocycles. The predicted octanol–water partition coefficient (Wildman–Crippen LogP) is 11.5. The van der Waals surface area contributed by atoms with Crippen molar-refractivity contribution in [2.45, 2.75) is 74.1 Å². The van der Waals surface area contributed by atoms with Crippen molar-refractivity contribution in [3.8, 4) is 34.1 Å². The van der Waals surface area contributed by atoms with Crippen LogP contribution in [-0.2, 0) is 19.3 Å². The van der Waals surface area contributed by atoms with Gasteiger partial charge in [-0.2, -0.15) is 0 Å². The Morgan fingerprint density at radius 2 is 1.00 bits per heavy atom. The molecule has 0 amide bonds. The van der Waals surface area contributed by atoms with Gasteiger partial charge in [0, 0.05) is 0 Å². The summed E-state index contributed by atoms with van der Waals surface area (Å²) in [5.41, 5.74) is 14.3. The summed E-state index contributed by atoms with van der Waals surface area (Å²) in [6.45, 7) is 15.3. The van der Waals surface area contributed by atoms with Gasteiger partial charge >= 0.3 is 0 Å². The molecule has 5 rings (SSSR count). The van der Waals surface area contributed by atoms with E-state index < -0.39 is 0 Å². The van der Waals surface area contributed by atoms with Gasteiger partial charge in [-0.3, -0.25) is 0 Å². The highest BCUT2D eigenvalue weighted by Gasteiger charge is 2.10. The molecule has 0 atom stereocenters. The normalized spacial score (nSPS) is 11.0. The average Bonchev–Trinajstić information content (AvgIpc) is 2.98. The minimum Gasteiger partial charge on any atom is -0.457 e. The van der Waals surface area contributed by atoms with E-state index in [0.29, 0.717) is 0 Å². The maximum absolute atomic E-state index is 6.37. The van der Waals surface area contributed by atoms with Crippen LogP contribution in [0.5, 0.6) is 23.0 Å². The molecule has 5 aromatic rings. The van der Waals surface area contributed by atoms with Gasteiger partial charge in [0.2, 0.25) is 0 Å². The van der Waals surface area contributed by atoms with E-state index in [9.17, 15) is 0 Å². The zero-order valence-electron chi connectivity index (χ0n) is 26.8. The number of ether oxygens (including phenoxy) is 2. The SMILES string of the molecule is CCCc1cc(Oc2cc(C)c(CCc3ccc(Oc4ccc(-c5ccc(C)c(C)c5)cc4)cc3)c(C)c2)cc(C)c1C. The Labute approximate surface area is 258 Å². The fraction of sp³-hybridized carbons (Fsp3) is 0.268. The Morgan fingerprint density at radius 1 is 0.442 bits per heavy atom. The lowest BCUT2D eigenvalue weighted by atomic mass is 9.96. The highest BCUT2D eigenvalue weighted by Crippen LogP contribution is 2.31. The molecule has 0 saturated heterocycles. The third kappa shape index (κ3) is 7.38. The molecule has 2 nitrogen and oxygen atoms in total. The average molecular weight is 569 g/mol. The van der Waals surface area contributed by atoms with Gasteiger partial charge in [-0.15, -0.1) is 0 Å². The molecule has 2 heteroatoms. The second-order valence-electron chi connectivity index (χ2n) is 12.0. The lowest BCUT2D eigenvalue weighted by Gasteiger charge is -2.16. The van der Waals surface area contributed by atoms with Crippen LogP contribution in [0.4, 0.5) is 0 Å². The van der Waals surface area contributed by atoms with Crippen LogP contribution in [0.3, 0.4) is 0 Å². The molecule has 0 aliphatic carbocycles. The van der Waals surface area contributed by atoms with Crippen LogP contribution in [0.1, 0.15) is 63.4 Å². The van der Waals surface area contributed by atoms with Crippen molar-refractivity contribution in [2.24, 2.45) is 0 Å². The van der Waals surface area contributed by atoms with Crippen LogP contribution < -0.4 is 9.47 Å². The first-order valence-electron chi connectivity index (χ1n) is 15.5. The maximum Gasteiger partial charge on any atom is 0.127 e. The zero-order chi connectivity index (χ0) is 30.5. The molecule has 0 N–H and O–H groups in total. The second kappa shape index (κ2) is 13.3. The van der Waals surface area contributed by atoms with Crippen molar-refractivity contribution in [2.75, 3.05) is 0 Å². The summed E-state index contributed by atoms with van der Waals surface area (Å²) in [5.74, 6) is 3.53. The molecule has 0 fully saturated rings. The molecule has 0 radical (unpaired) electrons. The van der Waals surface area contributed by atoms with Gasteiger partial charge in [0.05, 0.1) is 0 Å². The zero-order valence-corrected chi connectivity index (χ0v) is 26.8. The molecular formula is C41H44O2. The van der Waals surface area contributed by atoms with Crippen molar-refractivity contribution >= 4 is 0 Å². The van der Waals surface area contributed by atoms with Gasteiger partial charge in [-0.1, -0.05) is 55.8 Å². The number of hydrogen-bond donors (Lipinski definition) is 0. The fourth-order valence-corrected chi connectivity index (χ4v) is 5.79. The summed E-state index contributed by atoms with van der Waals surface area (Å²) in [7, 11) is 0. The van der Waals surface area contributed by atoms with E-state index in [1.54, 1.807) is 0 Å². The Hall–Kier alpha value is -4.30. The smallest absolute Gasteiger partial charge is 0.127 e. The van der Waals surface area contributed by atoms with Gasteiger partial charge in [0.15, 0.2) is 0 Å². The number of benzene rings is 5. The van der Waals surface area contributed by atoms with E-state index in [2.05, 4.69) is 127 Å². The number of aryl methyl sites for hydroxylation is 7. The second-order valence-corrected chi connectivity index (χ2v) is 12.0. The van der Waals surface area contributed by atoms with E-state index in [4.69, 9.17) is 9.47 Å². The minimum absolute atomic E-state index is 0.844. The molecule has 0 heterocycles. The van der Waals surface area contributed by atoms with Gasteiger partial charge < -0.3 is 9.47 Å². The third-order valence-electron chi connectivity index (χ3n) is 8.69. The van der Waals surface area contributed by atoms with Crippen LogP contribution >= 0.6 is 0 Å². The van der Waals surface area contributed by atoms with Gasteiger partial charge in [0.1, 0.15) is 23.0 Å². The summed E-state index contributed by atoms with van der Waals surface area (Å²) < 4.78 is 12.5. The van der Waals surface area contributed by atoms with Crippen LogP contribution in [0, 0.1) is 41.5 Å². The lowest BCUT2D eigenvalue weighted by Crippen LogP contribution is -1.99. The molecule has 0 saturated carbocycles. The quantitative estimate of drug-likeness (QED) is 0.167. The minimum atomic E-state index is 0.844. The molecule has 0 unspecified atom stereocenters. The summed E-state index contributed by atoms with van der Waals surface area (Å²) in [5, 5.41) is 0. The molecule has 220 valence electrons. The molecule has 43 heavy (non-hydrogen) atoms. The first-order valence-corrected chi connectivity index (χ1v) is 15.5. The predicted molar refractivity (Wildman–Crippen MR) is 181 cm³/mol. The van der Waals surface area contributed by atoms with Gasteiger partial charge in [-0.25, -0.2) is 0 Å². The summed E-state index contributed by atoms with van der Waals surface area (Å²) in [6, 6.07) is 32.1. The largest absolute Gasteiger partial charge is 0.457 e. The standard InChI is InChI=1S/C41H44O2/c1-8-9-35-26-40(23-29(4)32(35)7)43-39-24-30(5)41(31(6)25-39)21-13-33-11-17-37(18-12-33)42-38-19-15-34(16-20-38)36-14-10-27(2)28(3)22-36/h10-12,14-20,22-26H,8-9,13,21H2,1-7H3. The molecular weight excluding hydrogens is 524 g/mol. The van der Waals surface area contributed by atoms with Gasteiger partial charge in [0.25, 0.3) is 0 Å². The topological polar surface area (TPSA) is 18.5 Å². The van der Waals surface area contributed by atoms with Crippen molar-refractivity contribution in [1.29, 1.82) is 0 Å². The van der Waals surface area contributed by atoms with E-state index in [1.807, 2.05) is 12.1 Å². The lowest BCUT2D eigenvalue weighted by molar-refractivity contribution is 0.480. The van der Waals surface area contributed by atoms with E-state index in [1.165, 1.54) is 61.2 Å². The molecule has 0 aromatic heterocycles. The van der Waals surface area contributed by atoms with Crippen LogP contribution in [0.2, 0.25) is 0 Å². The third-order valence-corrected chi connectivity index (χ3v) is 8.69. The Balaban J connectivity index is 1.19. The number of hydrogen-bond acceptors (Lipinski definition) is 2. The fourth-order valence-electron chi connectivity index (χ4n) is 5.79. The van der Waals surface area contributed by atoms with Gasteiger partial charge in [-0.05, 0) is 171 Å². The molecule has 0 bridgehead atoms. The maximum atomic E-state index is 6.37. The Kier molecular flexibility index (Phi) is 9.36. The number of rotatable bonds is 10. The van der Waals surface area contributed by atoms with Crippen molar-refractivity contribution in [3.05, 3.63) is 141 Å². The van der Waals surface area contributed by atoms with E-state index >= 15 is 0 Å². The highest BCUT2D eigenvalue weighted by molar-refractivity contribution is 5.65. The van der Waals surface area contributed by atoms with Crippen molar-refractivity contribution < 1.29 is 9.47 Å². The Bertz CT molecular complexity index is 1690. The van der Waals surface area contributed by atoms with E-state index in [0.717, 1.165) is 48.7 Å². The van der Waals surface area contributed by atoms with E-state index in [-0.39, 0.29) is 0 Å². The monoisotopic (exact) mass is 568 g/mol. The Morgan fingerprint density at radius 3 is 1.63 bits per heavy atom. The van der Waals surface area contributed by atoms with Crippen LogP contribution in [-0.4, -0.2) is 0 Å². The van der Waals surface area contributed by atoms with Crippen LogP contribution in [0.15, 0.2) is 91.0 Å². The summed E-state index contributed by atoms with van der Waals surface area (Å²) >= 11 is 0. The van der Waals surface area contributed by atoms with Crippen LogP contribution in [0.25, 0.3) is 11.1 Å². The summed E-state index contributed by atoms with van der Waals surface area (Å²) in [4.78, 5) is 0. The molecule has 0 aliphatic rings. The van der Waals surface area contributed by atoms with Crippen molar-refractivity contribution in [1.82, 2.24) is 0 Å². The first-order chi connectivity index (χ1) is 20.7. The highest BCUT2D eigenvalue weighted by atomic mass is 16.5. The molecule has 5 aromatic carbocycles.